The maximum Gasteiger partial charge on any atom is 0.129 e. The fourth-order valence-electron chi connectivity index (χ4n) is 7.49. The van der Waals surface area contributed by atoms with Crippen molar-refractivity contribution in [2.45, 2.75) is 13.8 Å². The third kappa shape index (κ3) is 6.94. The number of aromatic nitrogens is 3. The van der Waals surface area contributed by atoms with E-state index in [2.05, 4.69) is 152 Å². The largest absolute Gasteiger partial charge is 0.507 e. The molecule has 0 unspecified atom stereocenters. The van der Waals surface area contributed by atoms with Gasteiger partial charge in [0.15, 0.2) is 0 Å². The molecule has 9 aromatic rings. The van der Waals surface area contributed by atoms with E-state index in [9.17, 15) is 5.11 Å². The van der Waals surface area contributed by atoms with E-state index in [4.69, 9.17) is 9.97 Å². The normalized spacial score (nSPS) is 11.0. The minimum atomic E-state index is 0. The molecular formula is C50H36N3OPt-. The number of benzene rings is 6. The van der Waals surface area contributed by atoms with Gasteiger partial charge in [0.2, 0.25) is 0 Å². The molecule has 0 amide bonds. The van der Waals surface area contributed by atoms with Crippen LogP contribution in [0.3, 0.4) is 0 Å². The number of nitrogens with zero attached hydrogens (tertiary/aromatic N) is 3. The van der Waals surface area contributed by atoms with Gasteiger partial charge in [0.1, 0.15) is 11.4 Å². The molecular weight excluding hydrogens is 854 g/mol. The van der Waals surface area contributed by atoms with Crippen LogP contribution in [0, 0.1) is 19.9 Å². The fraction of sp³-hybridized carbons (Fsp3) is 0.0400. The SMILES string of the molecule is Cc1cccc(C)c1-c1cc(-c2[c-]c(-c3nc4ccccn4c3-c3cc(-c4ccccc4)cc(-c4ccccc4)c3)ccc2)nc(-c2ccccc2O)c1.[Pt]. The summed E-state index contributed by atoms with van der Waals surface area (Å²) in [5, 5.41) is 10.9. The van der Waals surface area contributed by atoms with E-state index in [-0.39, 0.29) is 26.8 Å². The molecule has 0 saturated carbocycles. The topological polar surface area (TPSA) is 50.4 Å². The maximum absolute atomic E-state index is 10.9. The second-order valence-electron chi connectivity index (χ2n) is 13.7. The van der Waals surface area contributed by atoms with Crippen molar-refractivity contribution in [3.8, 4) is 84.2 Å². The van der Waals surface area contributed by atoms with Crippen LogP contribution >= 0.6 is 0 Å². The van der Waals surface area contributed by atoms with Crippen LogP contribution in [0.2, 0.25) is 0 Å². The van der Waals surface area contributed by atoms with Gasteiger partial charge in [0.05, 0.1) is 5.69 Å². The van der Waals surface area contributed by atoms with Crippen LogP contribution in [0.15, 0.2) is 176 Å². The van der Waals surface area contributed by atoms with Gasteiger partial charge in [-0.2, -0.15) is 0 Å². The zero-order chi connectivity index (χ0) is 36.6. The number of hydrogen-bond donors (Lipinski definition) is 1. The molecule has 0 atom stereocenters. The van der Waals surface area contributed by atoms with E-state index in [1.54, 1.807) is 6.07 Å². The molecule has 4 nitrogen and oxygen atoms in total. The van der Waals surface area contributed by atoms with Crippen LogP contribution in [0.5, 0.6) is 5.75 Å². The van der Waals surface area contributed by atoms with Gasteiger partial charge in [-0.1, -0.05) is 114 Å². The first-order valence-electron chi connectivity index (χ1n) is 18.1. The van der Waals surface area contributed by atoms with Crippen molar-refractivity contribution in [2.24, 2.45) is 0 Å². The first kappa shape index (κ1) is 35.7. The molecule has 9 rings (SSSR count). The Balaban J connectivity index is 0.00000427. The minimum Gasteiger partial charge on any atom is -0.507 e. The van der Waals surface area contributed by atoms with Crippen molar-refractivity contribution in [3.05, 3.63) is 193 Å². The number of phenols is 1. The summed E-state index contributed by atoms with van der Waals surface area (Å²) in [5.41, 5.74) is 16.7. The molecule has 6 aromatic carbocycles. The quantitative estimate of drug-likeness (QED) is 0.162. The van der Waals surface area contributed by atoms with Gasteiger partial charge in [-0.3, -0.25) is 9.97 Å². The van der Waals surface area contributed by atoms with Crippen LogP contribution < -0.4 is 0 Å². The molecule has 0 radical (unpaired) electrons. The van der Waals surface area contributed by atoms with Gasteiger partial charge in [0.25, 0.3) is 0 Å². The summed E-state index contributed by atoms with van der Waals surface area (Å²) in [6.45, 7) is 4.27. The number of para-hydroxylation sites is 1. The third-order valence-corrected chi connectivity index (χ3v) is 10.1. The predicted molar refractivity (Wildman–Crippen MR) is 221 cm³/mol. The second kappa shape index (κ2) is 15.2. The van der Waals surface area contributed by atoms with Crippen molar-refractivity contribution >= 4 is 5.65 Å². The molecule has 5 heteroatoms. The Morgan fingerprint density at radius 3 is 1.76 bits per heavy atom. The number of rotatable bonds is 7. The number of pyridine rings is 2. The Labute approximate surface area is 335 Å². The summed E-state index contributed by atoms with van der Waals surface area (Å²) < 4.78 is 2.17. The van der Waals surface area contributed by atoms with Gasteiger partial charge in [-0.15, -0.1) is 24.3 Å². The standard InChI is InChI=1S/C50H36N3O.Pt/c1-33-15-13-16-34(2)48(33)41-31-44(51-45(32-41)43-23-9-10-24-46(43)54)37-21-14-22-38(27-37)49-50(53-26-12-11-25-47(53)52-49)42-29-39(35-17-5-3-6-18-35)28-40(30-42)36-19-7-4-8-20-36;/h3-26,28-32,54H,1-2H3;/q-1;. The number of fused-ring (bicyclic) bond motifs is 1. The van der Waals surface area contributed by atoms with Crippen molar-refractivity contribution in [1.29, 1.82) is 0 Å². The van der Waals surface area contributed by atoms with Crippen molar-refractivity contribution in [3.63, 3.8) is 0 Å². The molecule has 0 aliphatic rings. The van der Waals surface area contributed by atoms with Crippen LogP contribution in [-0.4, -0.2) is 19.5 Å². The number of imidazole rings is 1. The van der Waals surface area contributed by atoms with Crippen LogP contribution in [-0.2, 0) is 21.1 Å². The van der Waals surface area contributed by atoms with Gasteiger partial charge in [-0.25, -0.2) is 0 Å². The monoisotopic (exact) mass is 889 g/mol. The Morgan fingerprint density at radius 1 is 0.491 bits per heavy atom. The number of aromatic hydroxyl groups is 1. The van der Waals surface area contributed by atoms with E-state index < -0.39 is 0 Å². The van der Waals surface area contributed by atoms with Crippen molar-refractivity contribution in [2.75, 3.05) is 0 Å². The first-order chi connectivity index (χ1) is 26.5. The molecule has 0 aliphatic carbocycles. The molecule has 0 spiro atoms. The van der Waals surface area contributed by atoms with Crippen LogP contribution in [0.1, 0.15) is 11.1 Å². The van der Waals surface area contributed by atoms with E-state index in [1.807, 2.05) is 42.5 Å². The molecule has 3 heterocycles. The summed E-state index contributed by atoms with van der Waals surface area (Å²) >= 11 is 0. The first-order valence-corrected chi connectivity index (χ1v) is 18.1. The Morgan fingerprint density at radius 2 is 1.07 bits per heavy atom. The summed E-state index contributed by atoms with van der Waals surface area (Å²) in [6, 6.07) is 61.8. The number of aryl methyl sites for hydroxylation is 2. The Kier molecular flexibility index (Phi) is 9.84. The van der Waals surface area contributed by atoms with Gasteiger partial charge < -0.3 is 9.51 Å². The Bertz CT molecular complexity index is 2730. The number of phenolic OH excluding ortho intramolecular Hbond substituents is 1. The molecule has 268 valence electrons. The minimum absolute atomic E-state index is 0. The van der Waals surface area contributed by atoms with Crippen LogP contribution in [0.25, 0.3) is 84.1 Å². The molecule has 1 N–H and O–H groups in total. The van der Waals surface area contributed by atoms with E-state index in [0.717, 1.165) is 72.8 Å². The summed E-state index contributed by atoms with van der Waals surface area (Å²) in [6.07, 6.45) is 2.08. The fourth-order valence-corrected chi connectivity index (χ4v) is 7.49. The molecule has 3 aromatic heterocycles. The average Bonchev–Trinajstić information content (AvgIpc) is 3.61. The summed E-state index contributed by atoms with van der Waals surface area (Å²) in [4.78, 5) is 10.4. The van der Waals surface area contributed by atoms with Gasteiger partial charge >= 0.3 is 0 Å². The average molecular weight is 890 g/mol. The number of hydrogen-bond acceptors (Lipinski definition) is 3. The molecule has 0 aliphatic heterocycles. The molecule has 55 heavy (non-hydrogen) atoms. The predicted octanol–water partition coefficient (Wildman–Crippen LogP) is 12.5. The zero-order valence-electron chi connectivity index (χ0n) is 30.3. The third-order valence-electron chi connectivity index (χ3n) is 10.1. The second-order valence-corrected chi connectivity index (χ2v) is 13.7. The van der Waals surface area contributed by atoms with Crippen molar-refractivity contribution in [1.82, 2.24) is 14.4 Å². The smallest absolute Gasteiger partial charge is 0.129 e. The molecule has 0 saturated heterocycles. The van der Waals surface area contributed by atoms with E-state index >= 15 is 0 Å². The van der Waals surface area contributed by atoms with E-state index in [0.29, 0.717) is 11.3 Å². The van der Waals surface area contributed by atoms with Crippen LogP contribution in [0.4, 0.5) is 0 Å². The zero-order valence-corrected chi connectivity index (χ0v) is 32.6. The van der Waals surface area contributed by atoms with E-state index in [1.165, 1.54) is 11.1 Å². The molecule has 0 bridgehead atoms. The Hall–Kier alpha value is -6.35. The summed E-state index contributed by atoms with van der Waals surface area (Å²) in [5.74, 6) is 0.189. The van der Waals surface area contributed by atoms with Gasteiger partial charge in [0, 0.05) is 49.9 Å². The maximum atomic E-state index is 10.9. The van der Waals surface area contributed by atoms with Crippen molar-refractivity contribution < 1.29 is 26.2 Å². The summed E-state index contributed by atoms with van der Waals surface area (Å²) in [7, 11) is 0. The molecule has 0 fully saturated rings. The van der Waals surface area contributed by atoms with Gasteiger partial charge in [-0.05, 0) is 112 Å².